The molecule has 1 rings (SSSR count). The summed E-state index contributed by atoms with van der Waals surface area (Å²) in [5.41, 5.74) is 0. The van der Waals surface area contributed by atoms with E-state index in [-0.39, 0.29) is 18.2 Å². The van der Waals surface area contributed by atoms with Crippen molar-refractivity contribution in [2.24, 2.45) is 0 Å². The van der Waals surface area contributed by atoms with Gasteiger partial charge in [0.25, 0.3) is 0 Å². The highest BCUT2D eigenvalue weighted by Crippen LogP contribution is 2.10. The molecule has 0 aromatic rings. The van der Waals surface area contributed by atoms with Crippen molar-refractivity contribution in [1.82, 2.24) is 4.90 Å². The molecule has 0 aromatic carbocycles. The van der Waals surface area contributed by atoms with Gasteiger partial charge in [0.2, 0.25) is 0 Å². The largest absolute Gasteiger partial charge is 0.444 e. The fourth-order valence-electron chi connectivity index (χ4n) is 1.04. The van der Waals surface area contributed by atoms with Gasteiger partial charge >= 0.3 is 6.09 Å². The van der Waals surface area contributed by atoms with E-state index >= 15 is 0 Å². The number of carbonyl (C=O) groups is 1. The van der Waals surface area contributed by atoms with Gasteiger partial charge in [-0.2, -0.15) is 0 Å². The zero-order valence-corrected chi connectivity index (χ0v) is 8.45. The van der Waals surface area contributed by atoms with Gasteiger partial charge in [-0.15, -0.1) is 0 Å². The summed E-state index contributed by atoms with van der Waals surface area (Å²) >= 11 is 0. The molecular formula is C9H17NO3. The first kappa shape index (κ1) is 10.3. The van der Waals surface area contributed by atoms with E-state index in [1.807, 2.05) is 13.8 Å². The average molecular weight is 187 g/mol. The van der Waals surface area contributed by atoms with E-state index in [0.717, 1.165) is 6.42 Å². The zero-order valence-electron chi connectivity index (χ0n) is 8.45. The van der Waals surface area contributed by atoms with Crippen molar-refractivity contribution in [2.45, 2.75) is 32.4 Å². The Morgan fingerprint density at radius 2 is 2.31 bits per heavy atom. The predicted octanol–water partition coefficient (Wildman–Crippen LogP) is 1.25. The van der Waals surface area contributed by atoms with Gasteiger partial charge in [-0.05, 0) is 13.8 Å². The van der Waals surface area contributed by atoms with Gasteiger partial charge < -0.3 is 14.4 Å². The topological polar surface area (TPSA) is 38.8 Å². The monoisotopic (exact) mass is 187 g/mol. The van der Waals surface area contributed by atoms with Crippen LogP contribution >= 0.6 is 0 Å². The highest BCUT2D eigenvalue weighted by molar-refractivity contribution is 5.67. The molecule has 0 bridgehead atoms. The molecule has 0 saturated carbocycles. The van der Waals surface area contributed by atoms with E-state index in [4.69, 9.17) is 9.47 Å². The smallest absolute Gasteiger partial charge is 0.410 e. The highest BCUT2D eigenvalue weighted by atomic mass is 16.6. The summed E-state index contributed by atoms with van der Waals surface area (Å²) < 4.78 is 10.3. The molecule has 1 atom stereocenters. The molecule has 0 spiro atoms. The molecule has 4 heteroatoms. The molecule has 1 aliphatic heterocycles. The predicted molar refractivity (Wildman–Crippen MR) is 48.6 cm³/mol. The maximum Gasteiger partial charge on any atom is 0.410 e. The number of hydrogen-bond acceptors (Lipinski definition) is 3. The fraction of sp³-hybridized carbons (Fsp3) is 0.889. The van der Waals surface area contributed by atoms with Gasteiger partial charge in [0.15, 0.2) is 0 Å². The second kappa shape index (κ2) is 4.46. The number of nitrogens with zero attached hydrogens (tertiary/aromatic N) is 1. The van der Waals surface area contributed by atoms with Crippen LogP contribution in [0.4, 0.5) is 4.79 Å². The third kappa shape index (κ3) is 2.88. The summed E-state index contributed by atoms with van der Waals surface area (Å²) in [4.78, 5) is 13.0. The van der Waals surface area contributed by atoms with Crippen LogP contribution in [0.25, 0.3) is 0 Å². The molecule has 76 valence electrons. The summed E-state index contributed by atoms with van der Waals surface area (Å²) in [6, 6.07) is 0.176. The Labute approximate surface area is 78.8 Å². The van der Waals surface area contributed by atoms with Crippen LogP contribution in [0.5, 0.6) is 0 Å². The van der Waals surface area contributed by atoms with Crippen molar-refractivity contribution < 1.29 is 14.3 Å². The van der Waals surface area contributed by atoms with Gasteiger partial charge in [0.05, 0.1) is 13.2 Å². The minimum atomic E-state index is -0.259. The molecule has 1 fully saturated rings. The van der Waals surface area contributed by atoms with Crippen LogP contribution in [-0.4, -0.2) is 43.4 Å². The Balaban J connectivity index is 2.31. The van der Waals surface area contributed by atoms with Crippen LogP contribution in [0.1, 0.15) is 20.3 Å². The molecular weight excluding hydrogens is 170 g/mol. The van der Waals surface area contributed by atoms with E-state index < -0.39 is 0 Å². The molecule has 13 heavy (non-hydrogen) atoms. The van der Waals surface area contributed by atoms with Gasteiger partial charge in [0.1, 0.15) is 6.10 Å². The Bertz CT molecular complexity index is 176. The van der Waals surface area contributed by atoms with E-state index in [0.29, 0.717) is 13.2 Å². The lowest BCUT2D eigenvalue weighted by Gasteiger charge is -2.22. The molecule has 0 aromatic heterocycles. The number of ether oxygens (including phenoxy) is 2. The molecule has 0 radical (unpaired) electrons. The lowest BCUT2D eigenvalue weighted by atomic mass is 10.3. The van der Waals surface area contributed by atoms with Crippen molar-refractivity contribution in [2.75, 3.05) is 20.3 Å². The van der Waals surface area contributed by atoms with Crippen LogP contribution in [0.3, 0.4) is 0 Å². The average Bonchev–Trinajstić information content (AvgIpc) is 2.55. The first-order valence-electron chi connectivity index (χ1n) is 4.62. The molecule has 4 nitrogen and oxygen atoms in total. The lowest BCUT2D eigenvalue weighted by Crippen LogP contribution is -2.36. The summed E-state index contributed by atoms with van der Waals surface area (Å²) in [6.07, 6.45) is 0.511. The van der Waals surface area contributed by atoms with E-state index in [9.17, 15) is 4.79 Å². The molecule has 0 aliphatic carbocycles. The van der Waals surface area contributed by atoms with Crippen LogP contribution in [0, 0.1) is 0 Å². The van der Waals surface area contributed by atoms with Gasteiger partial charge in [-0.3, -0.25) is 0 Å². The van der Waals surface area contributed by atoms with Gasteiger partial charge in [-0.1, -0.05) is 0 Å². The number of amides is 1. The highest BCUT2D eigenvalue weighted by Gasteiger charge is 2.22. The molecule has 1 heterocycles. The number of rotatable bonds is 2. The maximum absolute atomic E-state index is 11.4. The quantitative estimate of drug-likeness (QED) is 0.653. The second-order valence-electron chi connectivity index (χ2n) is 3.57. The molecule has 1 aliphatic rings. The van der Waals surface area contributed by atoms with Crippen molar-refractivity contribution in [3.63, 3.8) is 0 Å². The Hall–Kier alpha value is -0.770. The Morgan fingerprint density at radius 3 is 2.77 bits per heavy atom. The van der Waals surface area contributed by atoms with Gasteiger partial charge in [0, 0.05) is 19.5 Å². The van der Waals surface area contributed by atoms with Crippen LogP contribution in [0.15, 0.2) is 0 Å². The first-order chi connectivity index (χ1) is 6.11. The van der Waals surface area contributed by atoms with E-state index in [2.05, 4.69) is 0 Å². The summed E-state index contributed by atoms with van der Waals surface area (Å²) in [6.45, 7) is 5.14. The Kier molecular flexibility index (Phi) is 3.54. The summed E-state index contributed by atoms with van der Waals surface area (Å²) in [5, 5.41) is 0. The van der Waals surface area contributed by atoms with Crippen LogP contribution in [0.2, 0.25) is 0 Å². The zero-order chi connectivity index (χ0) is 9.84. The minimum Gasteiger partial charge on any atom is -0.444 e. The number of hydrogen-bond donors (Lipinski definition) is 0. The van der Waals surface area contributed by atoms with Crippen LogP contribution in [-0.2, 0) is 9.47 Å². The van der Waals surface area contributed by atoms with Gasteiger partial charge in [-0.25, -0.2) is 4.79 Å². The fourth-order valence-corrected chi connectivity index (χ4v) is 1.04. The van der Waals surface area contributed by atoms with Crippen molar-refractivity contribution in [1.29, 1.82) is 0 Å². The molecule has 1 unspecified atom stereocenters. The normalized spacial score (nSPS) is 22.0. The standard InChI is InChI=1S/C9H17NO3/c1-7(2)10(3)9(11)13-8-4-5-12-6-8/h7-8H,4-6H2,1-3H3. The third-order valence-corrected chi connectivity index (χ3v) is 2.22. The van der Waals surface area contributed by atoms with E-state index in [1.54, 1.807) is 11.9 Å². The lowest BCUT2D eigenvalue weighted by molar-refractivity contribution is 0.0544. The molecule has 1 saturated heterocycles. The summed E-state index contributed by atoms with van der Waals surface area (Å²) in [5.74, 6) is 0. The minimum absolute atomic E-state index is 0.0475. The SMILES string of the molecule is CC(C)N(C)C(=O)OC1CCOC1. The summed E-state index contributed by atoms with van der Waals surface area (Å²) in [7, 11) is 1.74. The van der Waals surface area contributed by atoms with Crippen LogP contribution < -0.4 is 0 Å². The van der Waals surface area contributed by atoms with Crippen molar-refractivity contribution >= 4 is 6.09 Å². The second-order valence-corrected chi connectivity index (χ2v) is 3.57. The maximum atomic E-state index is 11.4. The molecule has 1 amide bonds. The van der Waals surface area contributed by atoms with Crippen molar-refractivity contribution in [3.05, 3.63) is 0 Å². The number of carbonyl (C=O) groups excluding carboxylic acids is 1. The van der Waals surface area contributed by atoms with E-state index in [1.165, 1.54) is 0 Å². The van der Waals surface area contributed by atoms with Crippen molar-refractivity contribution in [3.8, 4) is 0 Å². The molecule has 0 N–H and O–H groups in total. The Morgan fingerprint density at radius 1 is 1.62 bits per heavy atom. The first-order valence-corrected chi connectivity index (χ1v) is 4.62. The third-order valence-electron chi connectivity index (χ3n) is 2.22.